The van der Waals surface area contributed by atoms with Crippen LogP contribution in [0.4, 0.5) is 13.2 Å². The number of hydrogen-bond donors (Lipinski definition) is 1. The van der Waals surface area contributed by atoms with Gasteiger partial charge in [-0.05, 0) is 45.4 Å². The van der Waals surface area contributed by atoms with Gasteiger partial charge < -0.3 is 9.84 Å². The van der Waals surface area contributed by atoms with Crippen LogP contribution in [0.3, 0.4) is 0 Å². The largest absolute Gasteiger partial charge is 0.485 e. The minimum absolute atomic E-state index is 0.0913. The highest BCUT2D eigenvalue weighted by Gasteiger charge is 2.40. The average Bonchev–Trinajstić information content (AvgIpc) is 2.27. The minimum atomic E-state index is -4.41. The number of halogens is 3. The van der Waals surface area contributed by atoms with Gasteiger partial charge in [0.15, 0.2) is 0 Å². The molecule has 0 spiro atoms. The Bertz CT molecular complexity index is 437. The van der Waals surface area contributed by atoms with E-state index in [1.54, 1.807) is 27.7 Å². The normalized spacial score (nSPS) is 16.0. The molecule has 1 aromatic rings. The molecule has 0 radical (unpaired) electrons. The molecule has 0 amide bonds. The SMILES string of the molecule is CCC(C)(O)C(C)(C)Oc1cccc(C(F)(F)F)c1. The van der Waals surface area contributed by atoms with Crippen molar-refractivity contribution in [3.63, 3.8) is 0 Å². The molecule has 1 N–H and O–H groups in total. The molecule has 0 aliphatic carbocycles. The lowest BCUT2D eigenvalue weighted by Gasteiger charge is -2.39. The van der Waals surface area contributed by atoms with Crippen molar-refractivity contribution in [1.82, 2.24) is 0 Å². The van der Waals surface area contributed by atoms with Crippen LogP contribution in [0, 0.1) is 0 Å². The van der Waals surface area contributed by atoms with Crippen molar-refractivity contribution in [2.45, 2.75) is 51.5 Å². The highest BCUT2D eigenvalue weighted by atomic mass is 19.4. The molecule has 5 heteroatoms. The Hall–Kier alpha value is -1.23. The molecule has 1 rings (SSSR count). The first-order valence-electron chi connectivity index (χ1n) is 6.08. The van der Waals surface area contributed by atoms with Gasteiger partial charge in [0.1, 0.15) is 17.0 Å². The molecule has 0 aromatic heterocycles. The van der Waals surface area contributed by atoms with Gasteiger partial charge in [-0.25, -0.2) is 0 Å². The zero-order valence-corrected chi connectivity index (χ0v) is 11.5. The molecule has 0 aliphatic rings. The molecule has 1 aromatic carbocycles. The molecule has 0 heterocycles. The van der Waals surface area contributed by atoms with Crippen LogP contribution in [0.5, 0.6) is 5.75 Å². The van der Waals surface area contributed by atoms with Gasteiger partial charge >= 0.3 is 6.18 Å². The van der Waals surface area contributed by atoms with E-state index >= 15 is 0 Å². The summed E-state index contributed by atoms with van der Waals surface area (Å²) in [6.45, 7) is 6.69. The quantitative estimate of drug-likeness (QED) is 0.900. The van der Waals surface area contributed by atoms with Crippen molar-refractivity contribution in [3.8, 4) is 5.75 Å². The van der Waals surface area contributed by atoms with Crippen LogP contribution in [0.15, 0.2) is 24.3 Å². The van der Waals surface area contributed by atoms with Crippen molar-refractivity contribution in [1.29, 1.82) is 0 Å². The Kier molecular flexibility index (Phi) is 4.20. The predicted molar refractivity (Wildman–Crippen MR) is 67.1 cm³/mol. The van der Waals surface area contributed by atoms with Crippen molar-refractivity contribution in [3.05, 3.63) is 29.8 Å². The Morgan fingerprint density at radius 2 is 1.74 bits per heavy atom. The standard InChI is InChI=1S/C14H19F3O2/c1-5-13(4,18)12(2,3)19-11-8-6-7-10(9-11)14(15,16)17/h6-9,18H,5H2,1-4H3. The van der Waals surface area contributed by atoms with Crippen LogP contribution in [0.2, 0.25) is 0 Å². The molecule has 0 saturated carbocycles. The fourth-order valence-corrected chi connectivity index (χ4v) is 1.57. The van der Waals surface area contributed by atoms with Crippen molar-refractivity contribution < 1.29 is 23.0 Å². The molecule has 108 valence electrons. The maximum Gasteiger partial charge on any atom is 0.416 e. The van der Waals surface area contributed by atoms with E-state index in [-0.39, 0.29) is 5.75 Å². The molecular weight excluding hydrogens is 257 g/mol. The van der Waals surface area contributed by atoms with Gasteiger partial charge in [0.25, 0.3) is 0 Å². The summed E-state index contributed by atoms with van der Waals surface area (Å²) < 4.78 is 43.3. The van der Waals surface area contributed by atoms with Crippen LogP contribution in [-0.2, 0) is 6.18 Å². The summed E-state index contributed by atoms with van der Waals surface area (Å²) >= 11 is 0. The minimum Gasteiger partial charge on any atom is -0.485 e. The number of rotatable bonds is 4. The van der Waals surface area contributed by atoms with E-state index in [1.165, 1.54) is 12.1 Å². The van der Waals surface area contributed by atoms with Crippen LogP contribution in [0.1, 0.15) is 39.7 Å². The highest BCUT2D eigenvalue weighted by molar-refractivity contribution is 5.31. The molecule has 1 atom stereocenters. The summed E-state index contributed by atoms with van der Waals surface area (Å²) in [5.74, 6) is 0.0913. The van der Waals surface area contributed by atoms with Gasteiger partial charge in [0, 0.05) is 0 Å². The zero-order valence-electron chi connectivity index (χ0n) is 11.5. The number of aliphatic hydroxyl groups is 1. The summed E-state index contributed by atoms with van der Waals surface area (Å²) in [5, 5.41) is 10.2. The lowest BCUT2D eigenvalue weighted by Crippen LogP contribution is -2.51. The molecule has 0 aliphatic heterocycles. The van der Waals surface area contributed by atoms with E-state index < -0.39 is 22.9 Å². The van der Waals surface area contributed by atoms with Crippen LogP contribution >= 0.6 is 0 Å². The average molecular weight is 276 g/mol. The van der Waals surface area contributed by atoms with Crippen molar-refractivity contribution in [2.24, 2.45) is 0 Å². The third-order valence-electron chi connectivity index (χ3n) is 3.52. The molecule has 2 nitrogen and oxygen atoms in total. The Balaban J connectivity index is 3.01. The zero-order chi connectivity index (χ0) is 14.9. The van der Waals surface area contributed by atoms with E-state index in [0.29, 0.717) is 6.42 Å². The van der Waals surface area contributed by atoms with E-state index in [2.05, 4.69) is 0 Å². The predicted octanol–water partition coefficient (Wildman–Crippen LogP) is 4.02. The van der Waals surface area contributed by atoms with E-state index in [1.807, 2.05) is 0 Å². The number of benzene rings is 1. The molecule has 0 saturated heterocycles. The third kappa shape index (κ3) is 3.62. The second kappa shape index (κ2) is 5.04. The van der Waals surface area contributed by atoms with Gasteiger partial charge in [0.05, 0.1) is 5.56 Å². The second-order valence-electron chi connectivity index (χ2n) is 5.27. The summed E-state index contributed by atoms with van der Waals surface area (Å²) in [6.07, 6.45) is -3.98. The summed E-state index contributed by atoms with van der Waals surface area (Å²) in [4.78, 5) is 0. The summed E-state index contributed by atoms with van der Waals surface area (Å²) in [6, 6.07) is 4.66. The molecule has 0 fully saturated rings. The summed E-state index contributed by atoms with van der Waals surface area (Å²) in [7, 11) is 0. The number of alkyl halides is 3. The van der Waals surface area contributed by atoms with Gasteiger partial charge in [-0.15, -0.1) is 0 Å². The highest BCUT2D eigenvalue weighted by Crippen LogP contribution is 2.34. The first-order chi connectivity index (χ1) is 8.49. The molecule has 0 bridgehead atoms. The topological polar surface area (TPSA) is 29.5 Å². The molecule has 1 unspecified atom stereocenters. The first-order valence-corrected chi connectivity index (χ1v) is 6.08. The van der Waals surface area contributed by atoms with Crippen LogP contribution in [0.25, 0.3) is 0 Å². The van der Waals surface area contributed by atoms with E-state index in [0.717, 1.165) is 12.1 Å². The van der Waals surface area contributed by atoms with Gasteiger partial charge in [-0.2, -0.15) is 13.2 Å². The Labute approximate surface area is 111 Å². The van der Waals surface area contributed by atoms with Crippen molar-refractivity contribution in [2.75, 3.05) is 0 Å². The number of hydrogen-bond acceptors (Lipinski definition) is 2. The van der Waals surface area contributed by atoms with Gasteiger partial charge in [-0.3, -0.25) is 0 Å². The monoisotopic (exact) mass is 276 g/mol. The fourth-order valence-electron chi connectivity index (χ4n) is 1.57. The number of ether oxygens (including phenoxy) is 1. The van der Waals surface area contributed by atoms with Crippen LogP contribution < -0.4 is 4.74 Å². The molecular formula is C14H19F3O2. The van der Waals surface area contributed by atoms with Crippen LogP contribution in [-0.4, -0.2) is 16.3 Å². The molecule has 19 heavy (non-hydrogen) atoms. The van der Waals surface area contributed by atoms with E-state index in [4.69, 9.17) is 4.74 Å². The Morgan fingerprint density at radius 1 is 1.16 bits per heavy atom. The third-order valence-corrected chi connectivity index (χ3v) is 3.52. The Morgan fingerprint density at radius 3 is 2.21 bits per heavy atom. The summed E-state index contributed by atoms with van der Waals surface area (Å²) in [5.41, 5.74) is -2.90. The first kappa shape index (κ1) is 15.8. The fraction of sp³-hybridized carbons (Fsp3) is 0.571. The van der Waals surface area contributed by atoms with Gasteiger partial charge in [-0.1, -0.05) is 13.0 Å². The van der Waals surface area contributed by atoms with E-state index in [9.17, 15) is 18.3 Å². The van der Waals surface area contributed by atoms with Crippen molar-refractivity contribution >= 4 is 0 Å². The maximum atomic E-state index is 12.6. The maximum absolute atomic E-state index is 12.6. The lowest BCUT2D eigenvalue weighted by molar-refractivity contribution is -0.138. The van der Waals surface area contributed by atoms with Gasteiger partial charge in [0.2, 0.25) is 0 Å². The smallest absolute Gasteiger partial charge is 0.416 e. The second-order valence-corrected chi connectivity index (χ2v) is 5.27. The lowest BCUT2D eigenvalue weighted by atomic mass is 9.85.